The van der Waals surface area contributed by atoms with Crippen molar-refractivity contribution in [1.29, 1.82) is 0 Å². The molecule has 0 aromatic heterocycles. The average Bonchev–Trinajstić information content (AvgIpc) is 3.41. The molecular formula is C27H36N2O5S. The Morgan fingerprint density at radius 2 is 1.94 bits per heavy atom. The van der Waals surface area contributed by atoms with Crippen LogP contribution in [0.15, 0.2) is 30.3 Å². The number of benzene rings is 2. The molecule has 0 aliphatic carbocycles. The topological polar surface area (TPSA) is 71.5 Å². The number of carbonyl (C=O) groups excluding carboxylic acids is 1. The number of phenolic OH excluding ortho intramolecular Hbond substituents is 1. The number of likely N-dealkylation sites (N-methyl/N-ethyl adjacent to an activating group) is 1. The molecule has 0 radical (unpaired) electrons. The molecule has 1 fully saturated rings. The highest BCUT2D eigenvalue weighted by Gasteiger charge is 2.34. The number of thioether (sulfide) groups is 1. The molecule has 0 saturated carbocycles. The minimum atomic E-state index is -0.172. The van der Waals surface area contributed by atoms with Crippen molar-refractivity contribution in [1.82, 2.24) is 9.80 Å². The van der Waals surface area contributed by atoms with Gasteiger partial charge in [0.1, 0.15) is 23.5 Å². The van der Waals surface area contributed by atoms with Gasteiger partial charge >= 0.3 is 0 Å². The third-order valence-corrected chi connectivity index (χ3v) is 7.66. The van der Waals surface area contributed by atoms with Crippen LogP contribution >= 0.6 is 11.8 Å². The summed E-state index contributed by atoms with van der Waals surface area (Å²) in [6.07, 6.45) is 0.881. The van der Waals surface area contributed by atoms with E-state index in [2.05, 4.69) is 38.8 Å². The molecule has 8 heteroatoms. The van der Waals surface area contributed by atoms with E-state index in [1.165, 1.54) is 0 Å². The van der Waals surface area contributed by atoms with Crippen LogP contribution in [0.1, 0.15) is 49.3 Å². The third-order valence-electron chi connectivity index (χ3n) is 6.41. The zero-order valence-electron chi connectivity index (χ0n) is 21.3. The normalized spacial score (nSPS) is 17.5. The van der Waals surface area contributed by atoms with Crippen molar-refractivity contribution in [2.45, 2.75) is 44.9 Å². The first-order chi connectivity index (χ1) is 16.6. The smallest absolute Gasteiger partial charge is 0.233 e. The molecule has 1 saturated heterocycles. The Hall–Kier alpha value is -2.58. The summed E-state index contributed by atoms with van der Waals surface area (Å²) >= 11 is 1.67. The lowest BCUT2D eigenvalue weighted by Crippen LogP contribution is -2.32. The van der Waals surface area contributed by atoms with Gasteiger partial charge in [-0.05, 0) is 73.3 Å². The second kappa shape index (κ2) is 10.6. The molecule has 0 spiro atoms. The number of rotatable bonds is 9. The average molecular weight is 501 g/mol. The van der Waals surface area contributed by atoms with Crippen molar-refractivity contribution >= 4 is 17.7 Å². The number of nitrogens with zero attached hydrogens (tertiary/aromatic N) is 2. The molecule has 1 N–H and O–H groups in total. The first kappa shape index (κ1) is 25.5. The van der Waals surface area contributed by atoms with Crippen LogP contribution in [-0.4, -0.2) is 66.6 Å². The zero-order chi connectivity index (χ0) is 25.2. The molecule has 2 aromatic carbocycles. The number of carbonyl (C=O) groups is 1. The van der Waals surface area contributed by atoms with Gasteiger partial charge < -0.3 is 29.1 Å². The summed E-state index contributed by atoms with van der Waals surface area (Å²) in [6, 6.07) is 9.71. The Bertz CT molecular complexity index is 1070. The first-order valence-electron chi connectivity index (χ1n) is 12.1. The molecule has 2 aliphatic rings. The monoisotopic (exact) mass is 500 g/mol. The highest BCUT2D eigenvalue weighted by atomic mass is 32.2. The molecule has 7 nitrogen and oxygen atoms in total. The lowest BCUT2D eigenvalue weighted by molar-refractivity contribution is -0.128. The van der Waals surface area contributed by atoms with Crippen LogP contribution in [0, 0.1) is 6.92 Å². The predicted octanol–water partition coefficient (Wildman–Crippen LogP) is 4.70. The fourth-order valence-corrected chi connectivity index (χ4v) is 5.60. The summed E-state index contributed by atoms with van der Waals surface area (Å²) in [5, 5.41) is 10.6. The van der Waals surface area contributed by atoms with Gasteiger partial charge in [0.15, 0.2) is 11.5 Å². The largest absolute Gasteiger partial charge is 0.507 e. The minimum absolute atomic E-state index is 0.0115. The van der Waals surface area contributed by atoms with Gasteiger partial charge in [-0.25, -0.2) is 0 Å². The number of hydrogen-bond donors (Lipinski definition) is 1. The minimum Gasteiger partial charge on any atom is -0.507 e. The van der Waals surface area contributed by atoms with Crippen molar-refractivity contribution < 1.29 is 24.1 Å². The summed E-state index contributed by atoms with van der Waals surface area (Å²) in [7, 11) is 2.07. The van der Waals surface area contributed by atoms with Crippen LogP contribution in [-0.2, 0) is 10.2 Å². The van der Waals surface area contributed by atoms with Gasteiger partial charge in [-0.2, -0.15) is 0 Å². The fourth-order valence-electron chi connectivity index (χ4n) is 4.40. The number of hydrogen-bond acceptors (Lipinski definition) is 7. The molecule has 0 bridgehead atoms. The van der Waals surface area contributed by atoms with Gasteiger partial charge in [-0.3, -0.25) is 4.79 Å². The van der Waals surface area contributed by atoms with E-state index in [1.807, 2.05) is 36.1 Å². The van der Waals surface area contributed by atoms with E-state index in [4.69, 9.17) is 14.2 Å². The van der Waals surface area contributed by atoms with Crippen molar-refractivity contribution in [2.24, 2.45) is 0 Å². The zero-order valence-corrected chi connectivity index (χ0v) is 22.1. The van der Waals surface area contributed by atoms with E-state index in [-0.39, 0.29) is 23.5 Å². The maximum Gasteiger partial charge on any atom is 0.233 e. The summed E-state index contributed by atoms with van der Waals surface area (Å²) in [5.41, 5.74) is 2.70. The van der Waals surface area contributed by atoms with Gasteiger partial charge in [0, 0.05) is 19.2 Å². The fraction of sp³-hybridized carbons (Fsp3) is 0.519. The quantitative estimate of drug-likeness (QED) is 0.535. The maximum atomic E-state index is 12.7. The van der Waals surface area contributed by atoms with Gasteiger partial charge in [0.25, 0.3) is 0 Å². The molecule has 2 heterocycles. The van der Waals surface area contributed by atoms with Gasteiger partial charge in [-0.15, -0.1) is 11.8 Å². The van der Waals surface area contributed by atoms with E-state index in [0.29, 0.717) is 24.7 Å². The summed E-state index contributed by atoms with van der Waals surface area (Å²) in [5.74, 6) is 3.26. The Labute approximate surface area is 212 Å². The Morgan fingerprint density at radius 1 is 1.17 bits per heavy atom. The molecular weight excluding hydrogens is 464 g/mol. The van der Waals surface area contributed by atoms with E-state index in [0.717, 1.165) is 53.4 Å². The van der Waals surface area contributed by atoms with Crippen LogP contribution in [0.5, 0.6) is 23.0 Å². The number of fused-ring (bicyclic) bond motifs is 1. The molecule has 4 rings (SSSR count). The third kappa shape index (κ3) is 5.98. The van der Waals surface area contributed by atoms with Gasteiger partial charge in [0.2, 0.25) is 12.7 Å². The van der Waals surface area contributed by atoms with Crippen molar-refractivity contribution in [3.8, 4) is 23.0 Å². The maximum absolute atomic E-state index is 12.7. The number of ether oxygens (including phenoxy) is 3. The summed E-state index contributed by atoms with van der Waals surface area (Å²) in [4.78, 5) is 16.9. The highest BCUT2D eigenvalue weighted by Crippen LogP contribution is 2.43. The standard InChI is InChI=1S/C27H36N2O5S/c1-18-13-19(14-21(25(18)31)27(2,3)4)26-29(24(30)16-35-26)10-6-9-28(5)11-12-32-20-7-8-22-23(15-20)34-17-33-22/h7-8,13-15,26,31H,6,9-12,16-17H2,1-5H3. The van der Waals surface area contributed by atoms with Crippen molar-refractivity contribution in [3.63, 3.8) is 0 Å². The van der Waals surface area contributed by atoms with Gasteiger partial charge in [-0.1, -0.05) is 20.8 Å². The van der Waals surface area contributed by atoms with E-state index >= 15 is 0 Å². The first-order valence-corrected chi connectivity index (χ1v) is 13.1. The number of aromatic hydroxyl groups is 1. The molecule has 2 aromatic rings. The second-order valence-corrected chi connectivity index (χ2v) is 11.3. The number of aryl methyl sites for hydroxylation is 1. The number of amides is 1. The van der Waals surface area contributed by atoms with E-state index < -0.39 is 0 Å². The van der Waals surface area contributed by atoms with Crippen molar-refractivity contribution in [3.05, 3.63) is 47.0 Å². The molecule has 1 unspecified atom stereocenters. The summed E-state index contributed by atoms with van der Waals surface area (Å²) in [6.45, 7) is 11.4. The van der Waals surface area contributed by atoms with Crippen LogP contribution in [0.3, 0.4) is 0 Å². The Kier molecular flexibility index (Phi) is 7.71. The summed E-state index contributed by atoms with van der Waals surface area (Å²) < 4.78 is 16.6. The molecule has 2 aliphatic heterocycles. The lowest BCUT2D eigenvalue weighted by Gasteiger charge is -2.28. The van der Waals surface area contributed by atoms with Gasteiger partial charge in [0.05, 0.1) is 5.75 Å². The second-order valence-electron chi connectivity index (χ2n) is 10.3. The van der Waals surface area contributed by atoms with Crippen LogP contribution in [0.4, 0.5) is 0 Å². The highest BCUT2D eigenvalue weighted by molar-refractivity contribution is 8.00. The predicted molar refractivity (Wildman–Crippen MR) is 139 cm³/mol. The van der Waals surface area contributed by atoms with Crippen molar-refractivity contribution in [2.75, 3.05) is 45.8 Å². The van der Waals surface area contributed by atoms with Crippen LogP contribution in [0.2, 0.25) is 0 Å². The van der Waals surface area contributed by atoms with E-state index in [9.17, 15) is 9.90 Å². The van der Waals surface area contributed by atoms with E-state index in [1.54, 1.807) is 11.8 Å². The lowest BCUT2D eigenvalue weighted by atomic mass is 9.84. The number of phenols is 1. The molecule has 190 valence electrons. The Balaban J connectivity index is 1.28. The molecule has 1 atom stereocenters. The Morgan fingerprint density at radius 3 is 2.71 bits per heavy atom. The molecule has 1 amide bonds. The van der Waals surface area contributed by atoms with Crippen LogP contribution in [0.25, 0.3) is 0 Å². The van der Waals surface area contributed by atoms with Crippen LogP contribution < -0.4 is 14.2 Å². The SMILES string of the molecule is Cc1cc(C2SCC(=O)N2CCCN(C)CCOc2ccc3c(c2)OCO3)cc(C(C)(C)C)c1O. The molecule has 35 heavy (non-hydrogen) atoms.